The van der Waals surface area contributed by atoms with Crippen molar-refractivity contribution in [2.75, 3.05) is 19.4 Å². The Labute approximate surface area is 118 Å². The Hall–Kier alpha value is -1.02. The average Bonchev–Trinajstić information content (AvgIpc) is 2.54. The summed E-state index contributed by atoms with van der Waals surface area (Å²) >= 11 is 0. The zero-order chi connectivity index (χ0) is 13.7. The molecule has 1 saturated carbocycles. The van der Waals surface area contributed by atoms with E-state index in [4.69, 9.17) is 0 Å². The van der Waals surface area contributed by atoms with E-state index in [1.165, 1.54) is 43.4 Å². The van der Waals surface area contributed by atoms with Gasteiger partial charge in [-0.05, 0) is 57.0 Å². The van der Waals surface area contributed by atoms with Gasteiger partial charge in [0.2, 0.25) is 0 Å². The second-order valence-electron chi connectivity index (χ2n) is 6.39. The van der Waals surface area contributed by atoms with E-state index in [-0.39, 0.29) is 0 Å². The standard InChI is InChI=1S/C17H28N2/c1-14-6-4-8-16(11-10-14)18-17-9-5-7-15(12-17)13-19(2)3/h5,7,9,12,14,16,18H,4,6,8,10-11,13H2,1-3H3. The maximum Gasteiger partial charge on any atom is 0.0345 e. The lowest BCUT2D eigenvalue weighted by Gasteiger charge is -2.19. The van der Waals surface area contributed by atoms with Crippen LogP contribution in [0.1, 0.15) is 44.6 Å². The Balaban J connectivity index is 1.94. The molecule has 1 aromatic carbocycles. The summed E-state index contributed by atoms with van der Waals surface area (Å²) in [6.07, 6.45) is 6.78. The highest BCUT2D eigenvalue weighted by Crippen LogP contribution is 2.25. The van der Waals surface area contributed by atoms with Crippen LogP contribution in [0.4, 0.5) is 5.69 Å². The number of nitrogens with zero attached hydrogens (tertiary/aromatic N) is 1. The highest BCUT2D eigenvalue weighted by molar-refractivity contribution is 5.46. The number of hydrogen-bond donors (Lipinski definition) is 1. The molecule has 2 rings (SSSR count). The monoisotopic (exact) mass is 260 g/mol. The lowest BCUT2D eigenvalue weighted by atomic mass is 10.0. The van der Waals surface area contributed by atoms with Crippen molar-refractivity contribution in [2.24, 2.45) is 5.92 Å². The molecule has 2 nitrogen and oxygen atoms in total. The van der Waals surface area contributed by atoms with E-state index < -0.39 is 0 Å². The third-order valence-electron chi connectivity index (χ3n) is 4.05. The summed E-state index contributed by atoms with van der Waals surface area (Å²) in [6.45, 7) is 3.40. The molecule has 2 atom stereocenters. The van der Waals surface area contributed by atoms with Crippen LogP contribution in [0.15, 0.2) is 24.3 Å². The van der Waals surface area contributed by atoms with Crippen molar-refractivity contribution in [3.05, 3.63) is 29.8 Å². The van der Waals surface area contributed by atoms with Gasteiger partial charge in [0, 0.05) is 18.3 Å². The Bertz CT molecular complexity index is 387. The second-order valence-corrected chi connectivity index (χ2v) is 6.39. The first-order valence-electron chi connectivity index (χ1n) is 7.63. The highest BCUT2D eigenvalue weighted by Gasteiger charge is 2.15. The van der Waals surface area contributed by atoms with Crippen molar-refractivity contribution in [1.29, 1.82) is 0 Å². The van der Waals surface area contributed by atoms with Crippen LogP contribution >= 0.6 is 0 Å². The van der Waals surface area contributed by atoms with Crippen LogP contribution in [0.5, 0.6) is 0 Å². The van der Waals surface area contributed by atoms with Crippen molar-refractivity contribution in [3.63, 3.8) is 0 Å². The first-order valence-corrected chi connectivity index (χ1v) is 7.63. The van der Waals surface area contributed by atoms with Crippen LogP contribution in [0, 0.1) is 5.92 Å². The zero-order valence-corrected chi connectivity index (χ0v) is 12.7. The predicted octanol–water partition coefficient (Wildman–Crippen LogP) is 4.13. The van der Waals surface area contributed by atoms with Crippen molar-refractivity contribution in [3.8, 4) is 0 Å². The molecule has 0 amide bonds. The highest BCUT2D eigenvalue weighted by atomic mass is 15.0. The molecular formula is C17H28N2. The average molecular weight is 260 g/mol. The Morgan fingerprint density at radius 2 is 2.00 bits per heavy atom. The van der Waals surface area contributed by atoms with Crippen LogP contribution in [-0.2, 0) is 6.54 Å². The summed E-state index contributed by atoms with van der Waals surface area (Å²) in [7, 11) is 4.24. The molecule has 1 aliphatic rings. The SMILES string of the molecule is CC1CCCC(Nc2cccc(CN(C)C)c2)CC1. The van der Waals surface area contributed by atoms with E-state index in [2.05, 4.69) is 55.5 Å². The van der Waals surface area contributed by atoms with Gasteiger partial charge in [-0.1, -0.05) is 31.9 Å². The van der Waals surface area contributed by atoms with Gasteiger partial charge in [-0.2, -0.15) is 0 Å². The number of anilines is 1. The molecule has 0 spiro atoms. The molecule has 0 bridgehead atoms. The van der Waals surface area contributed by atoms with Crippen LogP contribution in [0.3, 0.4) is 0 Å². The van der Waals surface area contributed by atoms with Crippen molar-refractivity contribution in [2.45, 2.75) is 51.6 Å². The molecule has 1 N–H and O–H groups in total. The number of hydrogen-bond acceptors (Lipinski definition) is 2. The lowest BCUT2D eigenvalue weighted by molar-refractivity contribution is 0.402. The summed E-state index contributed by atoms with van der Waals surface area (Å²) in [4.78, 5) is 2.21. The molecule has 0 radical (unpaired) electrons. The molecule has 0 aromatic heterocycles. The van der Waals surface area contributed by atoms with Crippen LogP contribution < -0.4 is 5.32 Å². The maximum atomic E-state index is 3.74. The number of rotatable bonds is 4. The Morgan fingerprint density at radius 3 is 2.79 bits per heavy atom. The smallest absolute Gasteiger partial charge is 0.0345 e. The molecule has 1 aliphatic carbocycles. The van der Waals surface area contributed by atoms with E-state index >= 15 is 0 Å². The molecule has 0 aliphatic heterocycles. The number of benzene rings is 1. The molecule has 0 heterocycles. The first kappa shape index (κ1) is 14.4. The van der Waals surface area contributed by atoms with Gasteiger partial charge in [-0.3, -0.25) is 0 Å². The minimum atomic E-state index is 0.666. The van der Waals surface area contributed by atoms with Gasteiger partial charge in [-0.15, -0.1) is 0 Å². The van der Waals surface area contributed by atoms with Gasteiger partial charge in [-0.25, -0.2) is 0 Å². The summed E-state index contributed by atoms with van der Waals surface area (Å²) in [5.41, 5.74) is 2.68. The lowest BCUT2D eigenvalue weighted by Crippen LogP contribution is -2.18. The molecular weight excluding hydrogens is 232 g/mol. The number of nitrogens with one attached hydrogen (secondary N) is 1. The van der Waals surface area contributed by atoms with E-state index in [1.54, 1.807) is 0 Å². The van der Waals surface area contributed by atoms with Crippen LogP contribution in [0.25, 0.3) is 0 Å². The van der Waals surface area contributed by atoms with Crippen molar-refractivity contribution < 1.29 is 0 Å². The van der Waals surface area contributed by atoms with Crippen molar-refractivity contribution >= 4 is 5.69 Å². The zero-order valence-electron chi connectivity index (χ0n) is 12.7. The summed E-state index contributed by atoms with van der Waals surface area (Å²) < 4.78 is 0. The molecule has 1 aromatic rings. The summed E-state index contributed by atoms with van der Waals surface area (Å²) in [5.74, 6) is 0.909. The molecule has 2 unspecified atom stereocenters. The van der Waals surface area contributed by atoms with Gasteiger partial charge in [0.25, 0.3) is 0 Å². The fourth-order valence-corrected chi connectivity index (χ4v) is 2.99. The Kier molecular flexibility index (Phi) is 5.26. The minimum Gasteiger partial charge on any atom is -0.382 e. The topological polar surface area (TPSA) is 15.3 Å². The van der Waals surface area contributed by atoms with Crippen LogP contribution in [0.2, 0.25) is 0 Å². The van der Waals surface area contributed by atoms with Gasteiger partial charge in [0.05, 0.1) is 0 Å². The molecule has 0 saturated heterocycles. The fourth-order valence-electron chi connectivity index (χ4n) is 2.99. The quantitative estimate of drug-likeness (QED) is 0.819. The van der Waals surface area contributed by atoms with E-state index in [0.29, 0.717) is 6.04 Å². The predicted molar refractivity (Wildman–Crippen MR) is 83.5 cm³/mol. The van der Waals surface area contributed by atoms with E-state index in [0.717, 1.165) is 12.5 Å². The van der Waals surface area contributed by atoms with Gasteiger partial charge < -0.3 is 10.2 Å². The summed E-state index contributed by atoms with van der Waals surface area (Å²) in [6, 6.07) is 9.54. The minimum absolute atomic E-state index is 0.666. The third-order valence-corrected chi connectivity index (χ3v) is 4.05. The molecule has 106 valence electrons. The van der Waals surface area contributed by atoms with E-state index in [9.17, 15) is 0 Å². The largest absolute Gasteiger partial charge is 0.382 e. The molecule has 19 heavy (non-hydrogen) atoms. The van der Waals surface area contributed by atoms with Gasteiger partial charge in [0.1, 0.15) is 0 Å². The van der Waals surface area contributed by atoms with E-state index in [1.807, 2.05) is 0 Å². The summed E-state index contributed by atoms with van der Waals surface area (Å²) in [5, 5.41) is 3.74. The fraction of sp³-hybridized carbons (Fsp3) is 0.647. The molecule has 1 fully saturated rings. The second kappa shape index (κ2) is 6.95. The first-order chi connectivity index (χ1) is 9.13. The van der Waals surface area contributed by atoms with Crippen LogP contribution in [-0.4, -0.2) is 25.0 Å². The van der Waals surface area contributed by atoms with Gasteiger partial charge >= 0.3 is 0 Å². The van der Waals surface area contributed by atoms with Gasteiger partial charge in [0.15, 0.2) is 0 Å². The molecule has 2 heteroatoms. The third kappa shape index (κ3) is 4.87. The maximum absolute atomic E-state index is 3.74. The Morgan fingerprint density at radius 1 is 1.16 bits per heavy atom. The van der Waals surface area contributed by atoms with Crippen molar-refractivity contribution in [1.82, 2.24) is 4.90 Å². The normalized spacial score (nSPS) is 24.2.